The fraction of sp³-hybridized carbons (Fsp3) is 0.130. The molecule has 1 aromatic carbocycles. The topological polar surface area (TPSA) is 98.3 Å². The van der Waals surface area contributed by atoms with Gasteiger partial charge < -0.3 is 5.73 Å². The number of hydrogen-bond acceptors (Lipinski definition) is 5. The SMILES string of the molecule is Cc1cccc(-n2ncc3c(-c4cc[nH]n4)cc(-c4cccc(C(C)N)n4)cc32)n1. The van der Waals surface area contributed by atoms with E-state index in [0.29, 0.717) is 0 Å². The lowest BCUT2D eigenvalue weighted by Gasteiger charge is -2.10. The second kappa shape index (κ2) is 7.20. The monoisotopic (exact) mass is 395 g/mol. The molecule has 0 aliphatic heterocycles. The van der Waals surface area contributed by atoms with Crippen LogP contribution in [0.3, 0.4) is 0 Å². The third kappa shape index (κ3) is 3.15. The van der Waals surface area contributed by atoms with Gasteiger partial charge in [0, 0.05) is 34.4 Å². The van der Waals surface area contributed by atoms with Crippen molar-refractivity contribution in [3.8, 4) is 28.3 Å². The molecule has 0 spiro atoms. The number of aromatic nitrogens is 6. The maximum Gasteiger partial charge on any atom is 0.154 e. The zero-order valence-corrected chi connectivity index (χ0v) is 16.7. The summed E-state index contributed by atoms with van der Waals surface area (Å²) in [6.07, 6.45) is 3.67. The van der Waals surface area contributed by atoms with Crippen molar-refractivity contribution in [3.05, 3.63) is 78.4 Å². The highest BCUT2D eigenvalue weighted by Gasteiger charge is 2.16. The standard InChI is InChI=1S/C23H21N7/c1-14-5-3-8-23(27-14)30-22-12-16(20-7-4-6-19(28-20)15(2)24)11-17(18(22)13-26-30)21-9-10-25-29-21/h3-13,15H,24H2,1-2H3,(H,25,29). The Morgan fingerprint density at radius 3 is 2.63 bits per heavy atom. The Balaban J connectivity index is 1.78. The molecule has 0 saturated heterocycles. The maximum atomic E-state index is 6.06. The predicted octanol–water partition coefficient (Wildman–Crippen LogP) is 4.20. The number of hydrogen-bond donors (Lipinski definition) is 2. The van der Waals surface area contributed by atoms with E-state index in [1.54, 1.807) is 0 Å². The molecule has 5 rings (SSSR count). The minimum atomic E-state index is -0.137. The lowest BCUT2D eigenvalue weighted by atomic mass is 10.0. The van der Waals surface area contributed by atoms with E-state index in [9.17, 15) is 0 Å². The smallest absolute Gasteiger partial charge is 0.154 e. The van der Waals surface area contributed by atoms with Crippen LogP contribution in [0.2, 0.25) is 0 Å². The van der Waals surface area contributed by atoms with Crippen molar-refractivity contribution < 1.29 is 0 Å². The molecule has 0 amide bonds. The number of nitrogens with one attached hydrogen (secondary N) is 1. The van der Waals surface area contributed by atoms with E-state index in [1.807, 2.05) is 73.4 Å². The van der Waals surface area contributed by atoms with Crippen LogP contribution in [0.5, 0.6) is 0 Å². The molecule has 3 N–H and O–H groups in total. The van der Waals surface area contributed by atoms with Crippen molar-refractivity contribution in [2.24, 2.45) is 5.73 Å². The number of benzene rings is 1. The summed E-state index contributed by atoms with van der Waals surface area (Å²) in [6, 6.07) is 17.8. The minimum Gasteiger partial charge on any atom is -0.323 e. The molecule has 7 nitrogen and oxygen atoms in total. The number of nitrogens with two attached hydrogens (primary N) is 1. The second-order valence-corrected chi connectivity index (χ2v) is 7.35. The molecule has 1 unspecified atom stereocenters. The van der Waals surface area contributed by atoms with Gasteiger partial charge in [-0.2, -0.15) is 10.2 Å². The normalized spacial score (nSPS) is 12.4. The summed E-state index contributed by atoms with van der Waals surface area (Å²) in [6.45, 7) is 3.90. The van der Waals surface area contributed by atoms with Crippen molar-refractivity contribution in [3.63, 3.8) is 0 Å². The number of pyridine rings is 2. The molecule has 1 atom stereocenters. The Labute approximate surface area is 173 Å². The van der Waals surface area contributed by atoms with E-state index in [2.05, 4.69) is 32.4 Å². The molecule has 4 aromatic heterocycles. The highest BCUT2D eigenvalue weighted by Crippen LogP contribution is 2.33. The first-order chi connectivity index (χ1) is 14.6. The van der Waals surface area contributed by atoms with Crippen molar-refractivity contribution in [1.82, 2.24) is 29.9 Å². The summed E-state index contributed by atoms with van der Waals surface area (Å²) < 4.78 is 1.86. The van der Waals surface area contributed by atoms with E-state index >= 15 is 0 Å². The van der Waals surface area contributed by atoms with Gasteiger partial charge in [0.15, 0.2) is 5.82 Å². The van der Waals surface area contributed by atoms with Gasteiger partial charge in [-0.15, -0.1) is 0 Å². The van der Waals surface area contributed by atoms with Crippen LogP contribution in [-0.4, -0.2) is 29.9 Å². The van der Waals surface area contributed by atoms with Crippen molar-refractivity contribution in [1.29, 1.82) is 0 Å². The third-order valence-corrected chi connectivity index (χ3v) is 5.09. The van der Waals surface area contributed by atoms with Gasteiger partial charge in [-0.25, -0.2) is 9.67 Å². The Morgan fingerprint density at radius 1 is 1.00 bits per heavy atom. The average molecular weight is 395 g/mol. The van der Waals surface area contributed by atoms with Crippen LogP contribution in [0.1, 0.15) is 24.4 Å². The highest BCUT2D eigenvalue weighted by atomic mass is 15.3. The number of nitrogens with zero attached hydrogens (tertiary/aromatic N) is 5. The molecular weight excluding hydrogens is 374 g/mol. The molecular formula is C23H21N7. The Bertz CT molecular complexity index is 1330. The number of aromatic amines is 1. The molecule has 0 bridgehead atoms. The van der Waals surface area contributed by atoms with Gasteiger partial charge >= 0.3 is 0 Å². The molecule has 0 saturated carbocycles. The van der Waals surface area contributed by atoms with E-state index in [0.717, 1.165) is 50.6 Å². The largest absolute Gasteiger partial charge is 0.323 e. The van der Waals surface area contributed by atoms with Gasteiger partial charge in [0.05, 0.1) is 28.8 Å². The van der Waals surface area contributed by atoms with Crippen LogP contribution in [-0.2, 0) is 0 Å². The van der Waals surface area contributed by atoms with E-state index in [1.165, 1.54) is 0 Å². The van der Waals surface area contributed by atoms with E-state index in [4.69, 9.17) is 10.7 Å². The molecule has 4 heterocycles. The molecule has 148 valence electrons. The van der Waals surface area contributed by atoms with Gasteiger partial charge in [-0.3, -0.25) is 10.1 Å². The lowest BCUT2D eigenvalue weighted by molar-refractivity contribution is 0.782. The van der Waals surface area contributed by atoms with Gasteiger partial charge in [0.25, 0.3) is 0 Å². The molecule has 7 heteroatoms. The average Bonchev–Trinajstić information content (AvgIpc) is 3.43. The Hall–Kier alpha value is -3.84. The molecule has 30 heavy (non-hydrogen) atoms. The second-order valence-electron chi connectivity index (χ2n) is 7.35. The van der Waals surface area contributed by atoms with Crippen molar-refractivity contribution in [2.45, 2.75) is 19.9 Å². The zero-order chi connectivity index (χ0) is 20.7. The van der Waals surface area contributed by atoms with E-state index in [-0.39, 0.29) is 6.04 Å². The van der Waals surface area contributed by atoms with Crippen LogP contribution < -0.4 is 5.73 Å². The van der Waals surface area contributed by atoms with E-state index < -0.39 is 0 Å². The highest BCUT2D eigenvalue weighted by molar-refractivity contribution is 5.97. The minimum absolute atomic E-state index is 0.137. The maximum absolute atomic E-state index is 6.06. The van der Waals surface area contributed by atoms with Crippen molar-refractivity contribution >= 4 is 10.9 Å². The summed E-state index contributed by atoms with van der Waals surface area (Å²) in [5.41, 5.74) is 12.4. The predicted molar refractivity (Wildman–Crippen MR) is 117 cm³/mol. The summed E-state index contributed by atoms with van der Waals surface area (Å²) >= 11 is 0. The molecule has 5 aromatic rings. The fourth-order valence-corrected chi connectivity index (χ4v) is 3.59. The third-order valence-electron chi connectivity index (χ3n) is 5.09. The first-order valence-electron chi connectivity index (χ1n) is 9.79. The molecule has 0 aliphatic rings. The summed E-state index contributed by atoms with van der Waals surface area (Å²) in [5, 5.41) is 12.9. The summed E-state index contributed by atoms with van der Waals surface area (Å²) in [4.78, 5) is 9.42. The van der Waals surface area contributed by atoms with Gasteiger partial charge in [0.1, 0.15) is 0 Å². The van der Waals surface area contributed by atoms with Gasteiger partial charge in [-0.05, 0) is 56.3 Å². The zero-order valence-electron chi connectivity index (χ0n) is 16.7. The van der Waals surface area contributed by atoms with Gasteiger partial charge in [0.2, 0.25) is 0 Å². The fourth-order valence-electron chi connectivity index (χ4n) is 3.59. The van der Waals surface area contributed by atoms with Crippen LogP contribution in [0.15, 0.2) is 67.0 Å². The summed E-state index contributed by atoms with van der Waals surface area (Å²) in [5.74, 6) is 0.771. The number of H-pyrrole nitrogens is 1. The van der Waals surface area contributed by atoms with Crippen LogP contribution in [0, 0.1) is 6.92 Å². The van der Waals surface area contributed by atoms with Crippen LogP contribution >= 0.6 is 0 Å². The summed E-state index contributed by atoms with van der Waals surface area (Å²) in [7, 11) is 0. The lowest BCUT2D eigenvalue weighted by Crippen LogP contribution is -2.07. The number of aryl methyl sites for hydroxylation is 1. The van der Waals surface area contributed by atoms with Crippen LogP contribution in [0.4, 0.5) is 0 Å². The molecule has 0 aliphatic carbocycles. The number of fused-ring (bicyclic) bond motifs is 1. The Morgan fingerprint density at radius 2 is 1.87 bits per heavy atom. The van der Waals surface area contributed by atoms with Crippen LogP contribution in [0.25, 0.3) is 39.2 Å². The molecule has 0 fully saturated rings. The molecule has 0 radical (unpaired) electrons. The van der Waals surface area contributed by atoms with Gasteiger partial charge in [-0.1, -0.05) is 12.1 Å². The van der Waals surface area contributed by atoms with Crippen molar-refractivity contribution in [2.75, 3.05) is 0 Å². The quantitative estimate of drug-likeness (QED) is 0.475. The number of rotatable bonds is 4. The first-order valence-corrected chi connectivity index (χ1v) is 9.79. The first kappa shape index (κ1) is 18.2. The Kier molecular flexibility index (Phi) is 4.37.